The van der Waals surface area contributed by atoms with Crippen molar-refractivity contribution in [1.29, 1.82) is 0 Å². The molecule has 4 fully saturated rings. The van der Waals surface area contributed by atoms with Crippen molar-refractivity contribution in [2.24, 2.45) is 34.0 Å². The average molecular weight is 661 g/mol. The molecule has 46 heavy (non-hydrogen) atoms. The Hall–Kier alpha value is -2.04. The summed E-state index contributed by atoms with van der Waals surface area (Å²) in [4.78, 5) is 14.3. The van der Waals surface area contributed by atoms with E-state index < -0.39 is 33.8 Å². The van der Waals surface area contributed by atoms with Crippen LogP contribution >= 0.6 is 0 Å². The summed E-state index contributed by atoms with van der Waals surface area (Å²) in [7, 11) is -4.90. The Kier molecular flexibility index (Phi) is 8.49. The number of benzene rings is 2. The smallest absolute Gasteiger partial charge is 0.317 e. The minimum Gasteiger partial charge on any atom is -0.435 e. The molecule has 3 aliphatic carbocycles. The molecule has 7 heteroatoms. The number of esters is 1. The topological polar surface area (TPSA) is 65.0 Å². The molecule has 2 aromatic rings. The summed E-state index contributed by atoms with van der Waals surface area (Å²) in [6, 6.07) is 21.6. The van der Waals surface area contributed by atoms with Gasteiger partial charge in [0.2, 0.25) is 6.29 Å². The first kappa shape index (κ1) is 33.8. The van der Waals surface area contributed by atoms with E-state index in [0.29, 0.717) is 13.0 Å². The summed E-state index contributed by atoms with van der Waals surface area (Å²) < 4.78 is 20.8. The van der Waals surface area contributed by atoms with E-state index in [2.05, 4.69) is 122 Å². The zero-order valence-corrected chi connectivity index (χ0v) is 31.4. The van der Waals surface area contributed by atoms with Gasteiger partial charge in [-0.2, -0.15) is 0 Å². The molecule has 1 N–H and O–H groups in total. The van der Waals surface area contributed by atoms with Gasteiger partial charge in [-0.15, -0.1) is 0 Å². The fraction of sp³-hybridized carbons (Fsp3) is 0.615. The van der Waals surface area contributed by atoms with Crippen LogP contribution in [0.15, 0.2) is 72.8 Å². The molecule has 3 unspecified atom stereocenters. The molecule has 0 aromatic heterocycles. The third kappa shape index (κ3) is 5.06. The van der Waals surface area contributed by atoms with Crippen molar-refractivity contribution in [2.75, 3.05) is 6.61 Å². The summed E-state index contributed by atoms with van der Waals surface area (Å²) >= 11 is 0. The minimum absolute atomic E-state index is 0.0293. The van der Waals surface area contributed by atoms with Crippen molar-refractivity contribution < 1.29 is 23.5 Å². The quantitative estimate of drug-likeness (QED) is 0.190. The lowest BCUT2D eigenvalue weighted by Gasteiger charge is -2.64. The highest BCUT2D eigenvalue weighted by molar-refractivity contribution is 6.99. The molecule has 1 heterocycles. The van der Waals surface area contributed by atoms with Crippen LogP contribution in [0.4, 0.5) is 0 Å². The van der Waals surface area contributed by atoms with Gasteiger partial charge in [-0.3, -0.25) is 4.79 Å². The predicted molar refractivity (Wildman–Crippen MR) is 190 cm³/mol. The van der Waals surface area contributed by atoms with E-state index >= 15 is 0 Å². The second kappa shape index (κ2) is 11.5. The maximum atomic E-state index is 14.3. The zero-order chi connectivity index (χ0) is 33.3. The second-order valence-corrected chi connectivity index (χ2v) is 26.3. The summed E-state index contributed by atoms with van der Waals surface area (Å²) in [5.74, 6) is -0.128. The lowest BCUT2D eigenvalue weighted by molar-refractivity contribution is -0.297. The van der Waals surface area contributed by atoms with Crippen LogP contribution in [0.5, 0.6) is 0 Å². The molecule has 2 spiro atoms. The lowest BCUT2D eigenvalue weighted by Crippen LogP contribution is -2.70. The molecule has 4 aliphatic rings. The molecular formula is C39H56O5Si2. The number of ether oxygens (including phenoxy) is 1. The predicted octanol–water partition coefficient (Wildman–Crippen LogP) is 7.44. The molecule has 3 saturated carbocycles. The van der Waals surface area contributed by atoms with Crippen LogP contribution in [-0.4, -0.2) is 46.7 Å². The monoisotopic (exact) mass is 660 g/mol. The largest absolute Gasteiger partial charge is 0.435 e. The standard InChI is InChI=1S/C39H56O5Si2/c1-27-28-21-22-31-38(34(40)43-35(41)39(31,25-28)33(27)44-45(7,8)9)24-16-23-37(5,6)32(38)26-42-46(36(2,3)4,29-17-12-10-13-18-29)30-19-14-11-15-20-30/h10-15,17-20,28,31-34,40H,1,16,21-26H2,2-9H3/t28-,31?,32?,33-,34+,38?,39+/m0/s1. The highest BCUT2D eigenvalue weighted by Crippen LogP contribution is 2.71. The first-order valence-electron chi connectivity index (χ1n) is 17.5. The maximum absolute atomic E-state index is 14.3. The first-order chi connectivity index (χ1) is 21.5. The van der Waals surface area contributed by atoms with Gasteiger partial charge in [0.15, 0.2) is 8.32 Å². The molecule has 250 valence electrons. The van der Waals surface area contributed by atoms with Gasteiger partial charge in [0, 0.05) is 12.0 Å². The van der Waals surface area contributed by atoms with Crippen LogP contribution in [0.3, 0.4) is 0 Å². The third-order valence-electron chi connectivity index (χ3n) is 12.4. The number of cyclic esters (lactones) is 1. The summed E-state index contributed by atoms with van der Waals surface area (Å²) in [6.45, 7) is 23.3. The van der Waals surface area contributed by atoms with Gasteiger partial charge in [-0.25, -0.2) is 0 Å². The van der Waals surface area contributed by atoms with Crippen molar-refractivity contribution in [3.8, 4) is 0 Å². The molecule has 6 rings (SSSR count). The highest BCUT2D eigenvalue weighted by Gasteiger charge is 2.74. The summed E-state index contributed by atoms with van der Waals surface area (Å²) in [6.07, 6.45) is 3.83. The zero-order valence-electron chi connectivity index (χ0n) is 29.4. The van der Waals surface area contributed by atoms with Gasteiger partial charge in [0.05, 0.1) is 6.10 Å². The van der Waals surface area contributed by atoms with E-state index in [-0.39, 0.29) is 40.3 Å². The lowest BCUT2D eigenvalue weighted by atomic mass is 9.44. The Morgan fingerprint density at radius 1 is 0.957 bits per heavy atom. The Balaban J connectivity index is 1.49. The van der Waals surface area contributed by atoms with Crippen LogP contribution < -0.4 is 10.4 Å². The molecule has 2 aromatic carbocycles. The number of carbonyl (C=O) groups excluding carboxylic acids is 1. The SMILES string of the molecule is C=C1[C@H]2CCC3C4(CCCC(C)(C)C4CO[Si](c4ccccc4)(c4ccccc4)C(C)(C)C)[C@H](O)OC(=O)[C@@]3(C2)[C@H]1O[Si](C)(C)C. The van der Waals surface area contributed by atoms with Gasteiger partial charge in [0.25, 0.3) is 8.32 Å². The Labute approximate surface area is 279 Å². The van der Waals surface area contributed by atoms with Gasteiger partial charge >= 0.3 is 5.97 Å². The Morgan fingerprint density at radius 3 is 2.09 bits per heavy atom. The number of aliphatic hydroxyl groups excluding tert-OH is 1. The van der Waals surface area contributed by atoms with Crippen LogP contribution in [0.2, 0.25) is 24.7 Å². The molecule has 1 aliphatic heterocycles. The van der Waals surface area contributed by atoms with E-state index in [4.69, 9.17) is 13.6 Å². The van der Waals surface area contributed by atoms with Crippen molar-refractivity contribution in [2.45, 2.75) is 110 Å². The van der Waals surface area contributed by atoms with Crippen molar-refractivity contribution in [3.05, 3.63) is 72.8 Å². The van der Waals surface area contributed by atoms with E-state index in [1.807, 2.05) is 0 Å². The number of aliphatic hydroxyl groups is 1. The average Bonchev–Trinajstić information content (AvgIpc) is 3.18. The van der Waals surface area contributed by atoms with E-state index in [0.717, 1.165) is 37.7 Å². The second-order valence-electron chi connectivity index (χ2n) is 17.5. The normalized spacial score (nSPS) is 34.3. The van der Waals surface area contributed by atoms with E-state index in [1.165, 1.54) is 10.4 Å². The van der Waals surface area contributed by atoms with Crippen molar-refractivity contribution in [1.82, 2.24) is 0 Å². The number of rotatable bonds is 7. The maximum Gasteiger partial charge on any atom is 0.317 e. The van der Waals surface area contributed by atoms with Crippen LogP contribution in [-0.2, 0) is 18.4 Å². The number of hydrogen-bond acceptors (Lipinski definition) is 5. The van der Waals surface area contributed by atoms with Gasteiger partial charge in [0.1, 0.15) is 5.41 Å². The highest BCUT2D eigenvalue weighted by atomic mass is 28.4. The molecular weight excluding hydrogens is 605 g/mol. The molecule has 1 saturated heterocycles. The van der Waals surface area contributed by atoms with Gasteiger partial charge in [-0.05, 0) is 95.9 Å². The minimum atomic E-state index is -2.85. The summed E-state index contributed by atoms with van der Waals surface area (Å²) in [5.41, 5.74) is -0.541. The van der Waals surface area contributed by atoms with Crippen LogP contribution in [0.25, 0.3) is 0 Å². The Bertz CT molecular complexity index is 1400. The van der Waals surface area contributed by atoms with Crippen molar-refractivity contribution in [3.63, 3.8) is 0 Å². The molecule has 2 bridgehead atoms. The van der Waals surface area contributed by atoms with Crippen LogP contribution in [0, 0.1) is 34.0 Å². The van der Waals surface area contributed by atoms with E-state index in [9.17, 15) is 9.90 Å². The molecule has 7 atom stereocenters. The number of fused-ring (bicyclic) bond motifs is 2. The molecule has 0 amide bonds. The van der Waals surface area contributed by atoms with Crippen molar-refractivity contribution >= 4 is 33.0 Å². The number of carbonyl (C=O) groups is 1. The molecule has 0 radical (unpaired) electrons. The van der Waals surface area contributed by atoms with E-state index in [1.54, 1.807) is 0 Å². The first-order valence-corrected chi connectivity index (χ1v) is 22.8. The van der Waals surface area contributed by atoms with Gasteiger partial charge in [-0.1, -0.05) is 108 Å². The Morgan fingerprint density at radius 2 is 1.54 bits per heavy atom. The summed E-state index contributed by atoms with van der Waals surface area (Å²) in [5, 5.41) is 14.5. The number of hydrogen-bond donors (Lipinski definition) is 1. The molecule has 5 nitrogen and oxygen atoms in total. The fourth-order valence-electron chi connectivity index (χ4n) is 10.5. The van der Waals surface area contributed by atoms with Gasteiger partial charge < -0.3 is 18.7 Å². The van der Waals surface area contributed by atoms with Crippen LogP contribution in [0.1, 0.15) is 73.1 Å². The third-order valence-corrected chi connectivity index (χ3v) is 18.4. The fourth-order valence-corrected chi connectivity index (χ4v) is 16.2.